The van der Waals surface area contributed by atoms with Crippen molar-refractivity contribution in [2.24, 2.45) is 0 Å². The molecule has 0 aliphatic carbocycles. The lowest BCUT2D eigenvalue weighted by Crippen LogP contribution is -2.32. The number of para-hydroxylation sites is 1. The number of aliphatic hydroxyl groups excluding tert-OH is 1. The summed E-state index contributed by atoms with van der Waals surface area (Å²) >= 11 is 1.08. The molecule has 2 aromatic carbocycles. The minimum Gasteiger partial charge on any atom is -0.491 e. The number of hydrogen-bond acceptors (Lipinski definition) is 5. The number of aliphatic hydroxyl groups is 1. The van der Waals surface area contributed by atoms with Crippen LogP contribution in [-0.2, 0) is 9.59 Å². The van der Waals surface area contributed by atoms with Crippen molar-refractivity contribution < 1.29 is 23.8 Å². The fourth-order valence-electron chi connectivity index (χ4n) is 2.87. The molecule has 3 rings (SSSR count). The average molecular weight is 401 g/mol. The van der Waals surface area contributed by atoms with E-state index in [9.17, 15) is 14.0 Å². The van der Waals surface area contributed by atoms with Gasteiger partial charge in [-0.25, -0.2) is 9.29 Å². The van der Waals surface area contributed by atoms with Crippen LogP contribution >= 0.6 is 11.8 Å². The number of rotatable bonds is 7. The molecule has 1 aliphatic heterocycles. The van der Waals surface area contributed by atoms with Gasteiger partial charge in [-0.3, -0.25) is 9.59 Å². The van der Waals surface area contributed by atoms with Gasteiger partial charge in [-0.1, -0.05) is 24.3 Å². The number of halogens is 1. The second kappa shape index (κ2) is 8.58. The molecule has 0 unspecified atom stereocenters. The Balaban J connectivity index is 2.02. The van der Waals surface area contributed by atoms with Crippen molar-refractivity contribution in [2.75, 3.05) is 17.3 Å². The first kappa shape index (κ1) is 20.1. The molecule has 1 heterocycles. The fourth-order valence-corrected chi connectivity index (χ4v) is 3.73. The first-order chi connectivity index (χ1) is 13.4. The van der Waals surface area contributed by atoms with E-state index in [0.717, 1.165) is 16.7 Å². The van der Waals surface area contributed by atoms with Gasteiger partial charge in [-0.2, -0.15) is 0 Å². The summed E-state index contributed by atoms with van der Waals surface area (Å²) in [5.41, 5.74) is 0.644. The van der Waals surface area contributed by atoms with Crippen molar-refractivity contribution in [3.05, 3.63) is 64.8 Å². The quantitative estimate of drug-likeness (QED) is 0.718. The van der Waals surface area contributed by atoms with E-state index in [-0.39, 0.29) is 34.6 Å². The number of nitrogens with zero attached hydrogens (tertiary/aromatic N) is 1. The largest absolute Gasteiger partial charge is 0.491 e. The van der Waals surface area contributed by atoms with E-state index in [2.05, 4.69) is 0 Å². The Kier molecular flexibility index (Phi) is 6.16. The van der Waals surface area contributed by atoms with Gasteiger partial charge >= 0.3 is 0 Å². The molecule has 5 nitrogen and oxygen atoms in total. The van der Waals surface area contributed by atoms with E-state index in [1.807, 2.05) is 13.8 Å². The number of benzene rings is 2. The van der Waals surface area contributed by atoms with E-state index in [0.29, 0.717) is 11.3 Å². The highest BCUT2D eigenvalue weighted by molar-refractivity contribution is 8.04. The molecule has 0 fully saturated rings. The molecular weight excluding hydrogens is 381 g/mol. The molecule has 0 saturated carbocycles. The summed E-state index contributed by atoms with van der Waals surface area (Å²) in [4.78, 5) is 27.0. The maximum absolute atomic E-state index is 14.2. The van der Waals surface area contributed by atoms with Crippen LogP contribution < -0.4 is 9.64 Å². The standard InChI is InChI=1S/C21H20FNO4S/c1-13(2)27-15-9-7-14(8-10-15)18-19(28-12-11-24)21(26)23(20(18)25)17-6-4-3-5-16(17)22/h3-10,13,24H,11-12H2,1-2H3. The van der Waals surface area contributed by atoms with Gasteiger partial charge in [-0.05, 0) is 43.7 Å². The summed E-state index contributed by atoms with van der Waals surface area (Å²) in [7, 11) is 0. The topological polar surface area (TPSA) is 66.8 Å². The number of hydrogen-bond donors (Lipinski definition) is 1. The number of amides is 2. The lowest BCUT2D eigenvalue weighted by Gasteiger charge is -2.16. The number of imide groups is 1. The van der Waals surface area contributed by atoms with Crippen molar-refractivity contribution in [1.29, 1.82) is 0 Å². The third kappa shape index (κ3) is 3.95. The number of anilines is 1. The normalized spacial score (nSPS) is 14.4. The molecule has 0 saturated heterocycles. The highest BCUT2D eigenvalue weighted by Gasteiger charge is 2.41. The van der Waals surface area contributed by atoms with Gasteiger partial charge in [0.15, 0.2) is 0 Å². The van der Waals surface area contributed by atoms with Crippen LogP contribution in [-0.4, -0.2) is 35.4 Å². The van der Waals surface area contributed by atoms with E-state index in [1.165, 1.54) is 18.2 Å². The molecule has 0 atom stereocenters. The highest BCUT2D eigenvalue weighted by atomic mass is 32.2. The Hall–Kier alpha value is -2.64. The van der Waals surface area contributed by atoms with Gasteiger partial charge in [0, 0.05) is 5.75 Å². The van der Waals surface area contributed by atoms with Gasteiger partial charge in [0.25, 0.3) is 11.8 Å². The highest BCUT2D eigenvalue weighted by Crippen LogP contribution is 2.39. The minimum absolute atomic E-state index is 0.00646. The Morgan fingerprint density at radius 3 is 2.36 bits per heavy atom. The van der Waals surface area contributed by atoms with Gasteiger partial charge in [0.2, 0.25) is 0 Å². The van der Waals surface area contributed by atoms with Crippen LogP contribution in [0.2, 0.25) is 0 Å². The Labute approximate surface area is 166 Å². The van der Waals surface area contributed by atoms with Crippen LogP contribution in [0.5, 0.6) is 5.75 Å². The second-order valence-electron chi connectivity index (χ2n) is 6.36. The maximum Gasteiger partial charge on any atom is 0.272 e. The van der Waals surface area contributed by atoms with E-state index in [4.69, 9.17) is 9.84 Å². The number of ether oxygens (including phenoxy) is 1. The Morgan fingerprint density at radius 2 is 1.75 bits per heavy atom. The molecular formula is C21H20FNO4S. The summed E-state index contributed by atoms with van der Waals surface area (Å²) in [6.07, 6.45) is 0.00646. The zero-order valence-electron chi connectivity index (χ0n) is 15.5. The van der Waals surface area contributed by atoms with Crippen LogP contribution in [0.4, 0.5) is 10.1 Å². The molecule has 0 bridgehead atoms. The third-order valence-corrected chi connectivity index (χ3v) is 5.04. The molecule has 2 amide bonds. The molecule has 1 N–H and O–H groups in total. The summed E-state index contributed by atoms with van der Waals surface area (Å²) in [5.74, 6) is -0.944. The smallest absolute Gasteiger partial charge is 0.272 e. The summed E-state index contributed by atoms with van der Waals surface area (Å²) in [5, 5.41) is 9.15. The van der Waals surface area contributed by atoms with Gasteiger partial charge < -0.3 is 9.84 Å². The minimum atomic E-state index is -0.655. The van der Waals surface area contributed by atoms with E-state index < -0.39 is 17.6 Å². The SMILES string of the molecule is CC(C)Oc1ccc(C2=C(SCCO)C(=O)N(c3ccccc3F)C2=O)cc1. The first-order valence-corrected chi connectivity index (χ1v) is 9.81. The molecule has 28 heavy (non-hydrogen) atoms. The first-order valence-electron chi connectivity index (χ1n) is 8.82. The number of carbonyl (C=O) groups excluding carboxylic acids is 2. The second-order valence-corrected chi connectivity index (χ2v) is 7.47. The van der Waals surface area contributed by atoms with Crippen LogP contribution in [0, 0.1) is 5.82 Å². The Bertz CT molecular complexity index is 924. The summed E-state index contributed by atoms with van der Waals surface area (Å²) in [6, 6.07) is 12.5. The fraction of sp³-hybridized carbons (Fsp3) is 0.238. The molecule has 146 valence electrons. The van der Waals surface area contributed by atoms with Crippen LogP contribution in [0.25, 0.3) is 5.57 Å². The number of carbonyl (C=O) groups is 2. The van der Waals surface area contributed by atoms with Gasteiger partial charge in [0.1, 0.15) is 11.6 Å². The molecule has 7 heteroatoms. The number of thioether (sulfide) groups is 1. The third-order valence-electron chi connectivity index (χ3n) is 3.99. The van der Waals surface area contributed by atoms with E-state index >= 15 is 0 Å². The van der Waals surface area contributed by atoms with Crippen molar-refractivity contribution in [3.63, 3.8) is 0 Å². The molecule has 0 spiro atoms. The van der Waals surface area contributed by atoms with Crippen molar-refractivity contribution >= 4 is 34.8 Å². The Morgan fingerprint density at radius 1 is 1.07 bits per heavy atom. The van der Waals surface area contributed by atoms with Crippen molar-refractivity contribution in [1.82, 2.24) is 0 Å². The zero-order chi connectivity index (χ0) is 20.3. The lowest BCUT2D eigenvalue weighted by atomic mass is 10.1. The summed E-state index contributed by atoms with van der Waals surface area (Å²) in [6.45, 7) is 3.67. The van der Waals surface area contributed by atoms with Crippen LogP contribution in [0.15, 0.2) is 53.4 Å². The van der Waals surface area contributed by atoms with Crippen molar-refractivity contribution in [3.8, 4) is 5.75 Å². The predicted molar refractivity (Wildman–Crippen MR) is 108 cm³/mol. The van der Waals surface area contributed by atoms with Gasteiger partial charge in [-0.15, -0.1) is 11.8 Å². The molecule has 2 aromatic rings. The average Bonchev–Trinajstić information content (AvgIpc) is 2.91. The lowest BCUT2D eigenvalue weighted by molar-refractivity contribution is -0.119. The molecule has 0 radical (unpaired) electrons. The molecule has 0 aromatic heterocycles. The van der Waals surface area contributed by atoms with Crippen molar-refractivity contribution in [2.45, 2.75) is 20.0 Å². The monoisotopic (exact) mass is 401 g/mol. The van der Waals surface area contributed by atoms with Crippen LogP contribution in [0.1, 0.15) is 19.4 Å². The maximum atomic E-state index is 14.2. The van der Waals surface area contributed by atoms with E-state index in [1.54, 1.807) is 30.3 Å². The van der Waals surface area contributed by atoms with Gasteiger partial charge in [0.05, 0.1) is 28.9 Å². The predicted octanol–water partition coefficient (Wildman–Crippen LogP) is 3.62. The summed E-state index contributed by atoms with van der Waals surface area (Å²) < 4.78 is 19.9. The van der Waals surface area contributed by atoms with Crippen LogP contribution in [0.3, 0.4) is 0 Å². The molecule has 1 aliphatic rings. The zero-order valence-corrected chi connectivity index (χ0v) is 16.3.